The lowest BCUT2D eigenvalue weighted by Gasteiger charge is -2.22. The van der Waals surface area contributed by atoms with E-state index in [4.69, 9.17) is 0 Å². The molecule has 0 aromatic heterocycles. The van der Waals surface area contributed by atoms with Gasteiger partial charge in [-0.15, -0.1) is 0 Å². The predicted molar refractivity (Wildman–Crippen MR) is 104 cm³/mol. The van der Waals surface area contributed by atoms with Crippen molar-refractivity contribution in [2.24, 2.45) is 0 Å². The summed E-state index contributed by atoms with van der Waals surface area (Å²) >= 11 is 0. The van der Waals surface area contributed by atoms with Crippen LogP contribution in [0.4, 0.5) is 18.9 Å². The number of quaternary nitrogens is 2. The highest BCUT2D eigenvalue weighted by Gasteiger charge is 2.30. The summed E-state index contributed by atoms with van der Waals surface area (Å²) in [4.78, 5) is 26.7. The number of benzene rings is 1. The van der Waals surface area contributed by atoms with Crippen molar-refractivity contribution in [1.29, 1.82) is 0 Å². The summed E-state index contributed by atoms with van der Waals surface area (Å²) in [5.74, 6) is -0.300. The number of carbonyl (C=O) groups excluding carboxylic acids is 2. The van der Waals surface area contributed by atoms with Crippen molar-refractivity contribution in [2.45, 2.75) is 38.9 Å². The molecule has 0 aliphatic carbocycles. The zero-order valence-electron chi connectivity index (χ0n) is 17.2. The number of hydrogen-bond acceptors (Lipinski definition) is 2. The highest BCUT2D eigenvalue weighted by Crippen LogP contribution is 2.30. The number of rotatable bonds is 5. The van der Waals surface area contributed by atoms with Crippen LogP contribution >= 0.6 is 0 Å². The molecule has 0 spiro atoms. The maximum atomic E-state index is 12.8. The minimum Gasteiger partial charge on any atom is -0.347 e. The van der Waals surface area contributed by atoms with E-state index in [1.807, 2.05) is 20.8 Å². The van der Waals surface area contributed by atoms with Gasteiger partial charge in [0, 0.05) is 17.6 Å². The number of halogens is 3. The molecule has 1 saturated heterocycles. The molecule has 29 heavy (non-hydrogen) atoms. The molecule has 1 aromatic carbocycles. The normalized spacial score (nSPS) is 20.6. The van der Waals surface area contributed by atoms with E-state index in [2.05, 4.69) is 10.6 Å². The van der Waals surface area contributed by atoms with Gasteiger partial charge in [0.25, 0.3) is 11.8 Å². The van der Waals surface area contributed by atoms with E-state index in [9.17, 15) is 22.8 Å². The Hall–Kier alpha value is -2.13. The van der Waals surface area contributed by atoms with E-state index in [-0.39, 0.29) is 29.6 Å². The summed E-state index contributed by atoms with van der Waals surface area (Å²) in [6.07, 6.45) is -3.56. The molecule has 9 heteroatoms. The van der Waals surface area contributed by atoms with Crippen molar-refractivity contribution in [1.82, 2.24) is 5.32 Å². The number of carbonyl (C=O) groups is 2. The third kappa shape index (κ3) is 8.41. The van der Waals surface area contributed by atoms with Crippen LogP contribution in [0.3, 0.4) is 0 Å². The summed E-state index contributed by atoms with van der Waals surface area (Å²) < 4.78 is 38.4. The molecular weight excluding hydrogens is 385 g/mol. The second kappa shape index (κ2) is 9.58. The molecule has 1 aromatic rings. The van der Waals surface area contributed by atoms with Gasteiger partial charge in [0.15, 0.2) is 13.1 Å². The summed E-state index contributed by atoms with van der Waals surface area (Å²) in [7, 11) is 0. The van der Waals surface area contributed by atoms with Gasteiger partial charge in [-0.2, -0.15) is 13.2 Å². The Balaban J connectivity index is 1.82. The van der Waals surface area contributed by atoms with Crippen molar-refractivity contribution in [3.8, 4) is 0 Å². The van der Waals surface area contributed by atoms with Crippen molar-refractivity contribution in [2.75, 3.05) is 44.6 Å². The van der Waals surface area contributed by atoms with Crippen LogP contribution in [0.15, 0.2) is 24.3 Å². The average Bonchev–Trinajstić information content (AvgIpc) is 2.77. The molecule has 0 radical (unpaired) electrons. The Labute approximate surface area is 169 Å². The Morgan fingerprint density at radius 1 is 0.966 bits per heavy atom. The van der Waals surface area contributed by atoms with Gasteiger partial charge in [-0.05, 0) is 39.0 Å². The maximum Gasteiger partial charge on any atom is 0.416 e. The SMILES string of the molecule is CC(C)(C)NC(=O)C[NH+]1CCC[NH+](CC(=O)Nc2cccc(C(F)(F)F)c2)CC1. The van der Waals surface area contributed by atoms with Crippen LogP contribution in [0.1, 0.15) is 32.8 Å². The second-order valence-corrected chi connectivity index (χ2v) is 8.63. The van der Waals surface area contributed by atoms with Gasteiger partial charge in [0.05, 0.1) is 18.7 Å². The van der Waals surface area contributed by atoms with Crippen LogP contribution in [-0.2, 0) is 15.8 Å². The number of amides is 2. The first kappa shape index (κ1) is 23.2. The van der Waals surface area contributed by atoms with Crippen molar-refractivity contribution in [3.05, 3.63) is 29.8 Å². The molecule has 2 amide bonds. The van der Waals surface area contributed by atoms with E-state index < -0.39 is 11.7 Å². The number of alkyl halides is 3. The van der Waals surface area contributed by atoms with Crippen molar-refractivity contribution in [3.63, 3.8) is 0 Å². The quantitative estimate of drug-likeness (QED) is 0.534. The molecule has 1 aliphatic heterocycles. The van der Waals surface area contributed by atoms with Gasteiger partial charge in [-0.1, -0.05) is 6.07 Å². The highest BCUT2D eigenvalue weighted by molar-refractivity contribution is 5.91. The van der Waals surface area contributed by atoms with Crippen LogP contribution in [0.25, 0.3) is 0 Å². The first-order chi connectivity index (χ1) is 13.4. The lowest BCUT2D eigenvalue weighted by atomic mass is 10.1. The minimum atomic E-state index is -4.44. The van der Waals surface area contributed by atoms with Crippen LogP contribution in [0.5, 0.6) is 0 Å². The molecule has 162 valence electrons. The van der Waals surface area contributed by atoms with Crippen molar-refractivity contribution >= 4 is 17.5 Å². The predicted octanol–water partition coefficient (Wildman–Crippen LogP) is -0.268. The zero-order chi connectivity index (χ0) is 21.7. The van der Waals surface area contributed by atoms with Crippen molar-refractivity contribution < 1.29 is 32.6 Å². The molecule has 1 heterocycles. The van der Waals surface area contributed by atoms with Gasteiger partial charge < -0.3 is 20.4 Å². The van der Waals surface area contributed by atoms with Gasteiger partial charge in [-0.3, -0.25) is 9.59 Å². The molecule has 0 saturated carbocycles. The van der Waals surface area contributed by atoms with E-state index in [0.29, 0.717) is 6.54 Å². The molecule has 1 aliphatic rings. The van der Waals surface area contributed by atoms with E-state index >= 15 is 0 Å². The molecule has 1 fully saturated rings. The first-order valence-electron chi connectivity index (χ1n) is 9.87. The van der Waals surface area contributed by atoms with E-state index in [1.54, 1.807) is 0 Å². The van der Waals surface area contributed by atoms with Gasteiger partial charge in [-0.25, -0.2) is 0 Å². The first-order valence-corrected chi connectivity index (χ1v) is 9.87. The fourth-order valence-electron chi connectivity index (χ4n) is 3.44. The summed E-state index contributed by atoms with van der Waals surface area (Å²) in [6.45, 7) is 9.57. The van der Waals surface area contributed by atoms with Crippen LogP contribution in [-0.4, -0.2) is 56.6 Å². The van der Waals surface area contributed by atoms with Gasteiger partial charge in [0.2, 0.25) is 0 Å². The molecule has 2 unspecified atom stereocenters. The molecule has 6 nitrogen and oxygen atoms in total. The summed E-state index contributed by atoms with van der Waals surface area (Å²) in [5.41, 5.74) is -0.906. The maximum absolute atomic E-state index is 12.8. The number of hydrogen-bond donors (Lipinski definition) is 4. The third-order valence-electron chi connectivity index (χ3n) is 4.70. The van der Waals surface area contributed by atoms with Crippen LogP contribution < -0.4 is 20.4 Å². The summed E-state index contributed by atoms with van der Waals surface area (Å²) in [6, 6.07) is 4.64. The van der Waals surface area contributed by atoms with Crippen LogP contribution in [0.2, 0.25) is 0 Å². The molecule has 4 N–H and O–H groups in total. The molecule has 2 rings (SSSR count). The second-order valence-electron chi connectivity index (χ2n) is 8.63. The Kier molecular flexibility index (Phi) is 7.65. The van der Waals surface area contributed by atoms with E-state index in [0.717, 1.165) is 49.6 Å². The number of anilines is 1. The Bertz CT molecular complexity index is 716. The van der Waals surface area contributed by atoms with Gasteiger partial charge >= 0.3 is 6.18 Å². The molecular formula is C20H31F3N4O2+2. The molecule has 2 atom stereocenters. The van der Waals surface area contributed by atoms with E-state index in [1.165, 1.54) is 17.0 Å². The monoisotopic (exact) mass is 416 g/mol. The minimum absolute atomic E-state index is 0.0123. The molecule has 0 bridgehead atoms. The fraction of sp³-hybridized carbons (Fsp3) is 0.600. The fourth-order valence-corrected chi connectivity index (χ4v) is 3.44. The smallest absolute Gasteiger partial charge is 0.347 e. The lowest BCUT2D eigenvalue weighted by Crippen LogP contribution is -3.18. The Morgan fingerprint density at radius 2 is 1.55 bits per heavy atom. The average molecular weight is 416 g/mol. The zero-order valence-corrected chi connectivity index (χ0v) is 17.2. The Morgan fingerprint density at radius 3 is 2.10 bits per heavy atom. The lowest BCUT2D eigenvalue weighted by molar-refractivity contribution is -0.930. The van der Waals surface area contributed by atoms with Crippen LogP contribution in [0, 0.1) is 0 Å². The standard InChI is InChI=1S/C20H29F3N4O2/c1-19(2,3)25-18(29)14-27-9-5-8-26(10-11-27)13-17(28)24-16-7-4-6-15(12-16)20(21,22)23/h4,6-7,12H,5,8-11,13-14H2,1-3H3,(H,24,28)(H,25,29)/p+2. The van der Waals surface area contributed by atoms with Gasteiger partial charge in [0.1, 0.15) is 13.1 Å². The summed E-state index contributed by atoms with van der Waals surface area (Å²) in [5, 5.41) is 5.52. The topological polar surface area (TPSA) is 67.1 Å². The highest BCUT2D eigenvalue weighted by atomic mass is 19.4. The third-order valence-corrected chi connectivity index (χ3v) is 4.70. The number of nitrogens with one attached hydrogen (secondary N) is 4. The largest absolute Gasteiger partial charge is 0.416 e.